The van der Waals surface area contributed by atoms with Crippen LogP contribution in [-0.4, -0.2) is 16.7 Å². The van der Waals surface area contributed by atoms with Gasteiger partial charge in [0.05, 0.1) is 11.7 Å². The normalized spacial score (nSPS) is 21.4. The number of fused-ring (bicyclic) bond motifs is 1. The number of H-pyrrole nitrogens is 1. The molecular weight excluding hydrogens is 205 g/mol. The average Bonchev–Trinajstić information content (AvgIpc) is 2.76. The number of benzene rings is 1. The van der Waals surface area contributed by atoms with Crippen LogP contribution in [0, 0.1) is 5.82 Å². The van der Waals surface area contributed by atoms with Crippen molar-refractivity contribution in [1.82, 2.24) is 15.5 Å². The zero-order valence-electron chi connectivity index (χ0n) is 8.96. The molecule has 0 aliphatic carbocycles. The molecule has 1 saturated heterocycles. The number of aromatic amines is 1. The number of piperidine rings is 1. The van der Waals surface area contributed by atoms with Crippen LogP contribution in [0.3, 0.4) is 0 Å². The maximum Gasteiger partial charge on any atom is 0.130 e. The summed E-state index contributed by atoms with van der Waals surface area (Å²) >= 11 is 0. The van der Waals surface area contributed by atoms with E-state index in [-0.39, 0.29) is 11.9 Å². The van der Waals surface area contributed by atoms with Crippen molar-refractivity contribution in [2.24, 2.45) is 0 Å². The molecule has 3 rings (SSSR count). The minimum atomic E-state index is -0.142. The van der Waals surface area contributed by atoms with Crippen LogP contribution in [0.2, 0.25) is 0 Å². The van der Waals surface area contributed by atoms with Gasteiger partial charge in [0.25, 0.3) is 0 Å². The predicted octanol–water partition coefficient (Wildman–Crippen LogP) is 2.52. The summed E-state index contributed by atoms with van der Waals surface area (Å²) in [6.07, 6.45) is 5.11. The molecule has 84 valence electrons. The SMILES string of the molecule is Fc1cc2[nH]ncc2cc1[C@@H]1CCCCN1. The van der Waals surface area contributed by atoms with E-state index in [0.717, 1.165) is 29.4 Å². The molecule has 1 atom stereocenters. The summed E-state index contributed by atoms with van der Waals surface area (Å²) < 4.78 is 13.9. The third-order valence-electron chi connectivity index (χ3n) is 3.24. The number of hydrogen-bond donors (Lipinski definition) is 2. The van der Waals surface area contributed by atoms with Crippen molar-refractivity contribution in [2.75, 3.05) is 6.54 Å². The molecule has 0 saturated carbocycles. The lowest BCUT2D eigenvalue weighted by molar-refractivity contribution is 0.400. The van der Waals surface area contributed by atoms with Gasteiger partial charge < -0.3 is 5.32 Å². The molecule has 3 nitrogen and oxygen atoms in total. The minimum absolute atomic E-state index is 0.142. The predicted molar refractivity (Wildman–Crippen MR) is 60.6 cm³/mol. The molecule has 0 amide bonds. The first-order valence-electron chi connectivity index (χ1n) is 5.70. The minimum Gasteiger partial charge on any atom is -0.310 e. The van der Waals surface area contributed by atoms with E-state index in [9.17, 15) is 4.39 Å². The van der Waals surface area contributed by atoms with Crippen molar-refractivity contribution in [3.05, 3.63) is 29.7 Å². The van der Waals surface area contributed by atoms with Gasteiger partial charge in [0.2, 0.25) is 0 Å². The van der Waals surface area contributed by atoms with Gasteiger partial charge in [-0.1, -0.05) is 6.42 Å². The van der Waals surface area contributed by atoms with Crippen molar-refractivity contribution < 1.29 is 4.39 Å². The topological polar surface area (TPSA) is 40.7 Å². The van der Waals surface area contributed by atoms with E-state index in [0.29, 0.717) is 0 Å². The molecule has 1 aliphatic heterocycles. The van der Waals surface area contributed by atoms with Gasteiger partial charge in [-0.25, -0.2) is 4.39 Å². The maximum absolute atomic E-state index is 13.9. The standard InChI is InChI=1S/C12H14FN3/c13-10-6-12-8(7-15-16-12)5-9(10)11-3-1-2-4-14-11/h5-7,11,14H,1-4H2,(H,15,16)/t11-/m0/s1. The first-order valence-corrected chi connectivity index (χ1v) is 5.70. The fraction of sp³-hybridized carbons (Fsp3) is 0.417. The highest BCUT2D eigenvalue weighted by atomic mass is 19.1. The molecule has 2 heterocycles. The second-order valence-electron chi connectivity index (χ2n) is 4.33. The zero-order valence-corrected chi connectivity index (χ0v) is 8.96. The highest BCUT2D eigenvalue weighted by molar-refractivity contribution is 5.78. The molecule has 16 heavy (non-hydrogen) atoms. The molecule has 1 aliphatic rings. The van der Waals surface area contributed by atoms with Crippen LogP contribution in [0.15, 0.2) is 18.3 Å². The van der Waals surface area contributed by atoms with Crippen molar-refractivity contribution in [1.29, 1.82) is 0 Å². The molecule has 4 heteroatoms. The lowest BCUT2D eigenvalue weighted by Crippen LogP contribution is -2.27. The quantitative estimate of drug-likeness (QED) is 0.773. The van der Waals surface area contributed by atoms with Gasteiger partial charge in [0.15, 0.2) is 0 Å². The molecule has 0 spiro atoms. The lowest BCUT2D eigenvalue weighted by atomic mass is 9.96. The monoisotopic (exact) mass is 219 g/mol. The number of rotatable bonds is 1. The van der Waals surface area contributed by atoms with E-state index in [2.05, 4.69) is 15.5 Å². The van der Waals surface area contributed by atoms with Crippen molar-refractivity contribution in [3.8, 4) is 0 Å². The fourth-order valence-electron chi connectivity index (χ4n) is 2.37. The van der Waals surface area contributed by atoms with E-state index in [1.165, 1.54) is 18.9 Å². The molecule has 0 bridgehead atoms. The molecule has 0 radical (unpaired) electrons. The summed E-state index contributed by atoms with van der Waals surface area (Å²) in [5.74, 6) is -0.142. The van der Waals surface area contributed by atoms with Crippen molar-refractivity contribution in [3.63, 3.8) is 0 Å². The van der Waals surface area contributed by atoms with Gasteiger partial charge in [-0.15, -0.1) is 0 Å². The van der Waals surface area contributed by atoms with E-state index in [1.807, 2.05) is 6.07 Å². The van der Waals surface area contributed by atoms with E-state index in [4.69, 9.17) is 0 Å². The molecule has 2 N–H and O–H groups in total. The van der Waals surface area contributed by atoms with Gasteiger partial charge in [-0.3, -0.25) is 5.10 Å². The summed E-state index contributed by atoms with van der Waals surface area (Å²) in [5, 5.41) is 11.0. The average molecular weight is 219 g/mol. The molecule has 1 fully saturated rings. The molecule has 1 aromatic heterocycles. The largest absolute Gasteiger partial charge is 0.310 e. The number of hydrogen-bond acceptors (Lipinski definition) is 2. The Bertz CT molecular complexity index is 500. The van der Waals surface area contributed by atoms with E-state index >= 15 is 0 Å². The van der Waals surface area contributed by atoms with E-state index in [1.54, 1.807) is 6.20 Å². The van der Waals surface area contributed by atoms with Crippen LogP contribution in [0.25, 0.3) is 10.9 Å². The first-order chi connectivity index (χ1) is 7.84. The van der Waals surface area contributed by atoms with Crippen molar-refractivity contribution in [2.45, 2.75) is 25.3 Å². The number of nitrogens with zero attached hydrogens (tertiary/aromatic N) is 1. The number of halogens is 1. The summed E-state index contributed by atoms with van der Waals surface area (Å²) in [6, 6.07) is 3.60. The van der Waals surface area contributed by atoms with Crippen LogP contribution in [0.1, 0.15) is 30.9 Å². The second-order valence-corrected chi connectivity index (χ2v) is 4.33. The van der Waals surface area contributed by atoms with Crippen molar-refractivity contribution >= 4 is 10.9 Å². The van der Waals surface area contributed by atoms with Crippen LogP contribution in [0.5, 0.6) is 0 Å². The fourth-order valence-corrected chi connectivity index (χ4v) is 2.37. The smallest absolute Gasteiger partial charge is 0.130 e. The molecule has 0 unspecified atom stereocenters. The Labute approximate surface area is 93.0 Å². The van der Waals surface area contributed by atoms with Gasteiger partial charge in [-0.2, -0.15) is 5.10 Å². The first kappa shape index (κ1) is 9.78. The summed E-state index contributed by atoms with van der Waals surface area (Å²) in [5.41, 5.74) is 1.53. The van der Waals surface area contributed by atoms with Crippen LogP contribution in [0.4, 0.5) is 4.39 Å². The molecular formula is C12H14FN3. The van der Waals surface area contributed by atoms with Crippen LogP contribution < -0.4 is 5.32 Å². The Morgan fingerprint density at radius 1 is 1.31 bits per heavy atom. The van der Waals surface area contributed by atoms with Gasteiger partial charge in [0.1, 0.15) is 5.82 Å². The van der Waals surface area contributed by atoms with Gasteiger partial charge >= 0.3 is 0 Å². The Balaban J connectivity index is 2.03. The second kappa shape index (κ2) is 3.87. The number of aromatic nitrogens is 2. The molecule has 1 aromatic carbocycles. The van der Waals surface area contributed by atoms with Crippen LogP contribution >= 0.6 is 0 Å². The molecule has 2 aromatic rings. The third-order valence-corrected chi connectivity index (χ3v) is 3.24. The Hall–Kier alpha value is -1.42. The van der Waals surface area contributed by atoms with Gasteiger partial charge in [0, 0.05) is 17.0 Å². The Morgan fingerprint density at radius 3 is 3.06 bits per heavy atom. The summed E-state index contributed by atoms with van der Waals surface area (Å²) in [4.78, 5) is 0. The third kappa shape index (κ3) is 1.59. The maximum atomic E-state index is 13.9. The van der Waals surface area contributed by atoms with Gasteiger partial charge in [-0.05, 0) is 31.5 Å². The number of nitrogens with one attached hydrogen (secondary N) is 2. The lowest BCUT2D eigenvalue weighted by Gasteiger charge is -2.24. The highest BCUT2D eigenvalue weighted by Crippen LogP contribution is 2.27. The van der Waals surface area contributed by atoms with Crippen LogP contribution in [-0.2, 0) is 0 Å². The Kier molecular flexibility index (Phi) is 2.36. The zero-order chi connectivity index (χ0) is 11.0. The summed E-state index contributed by atoms with van der Waals surface area (Å²) in [6.45, 7) is 0.980. The highest BCUT2D eigenvalue weighted by Gasteiger charge is 2.18. The Morgan fingerprint density at radius 2 is 2.25 bits per heavy atom. The summed E-state index contributed by atoms with van der Waals surface area (Å²) in [7, 11) is 0. The van der Waals surface area contributed by atoms with E-state index < -0.39 is 0 Å².